The van der Waals surface area contributed by atoms with Crippen molar-refractivity contribution in [3.63, 3.8) is 0 Å². The molecule has 0 amide bonds. The minimum atomic E-state index is 0.263. The lowest BCUT2D eigenvalue weighted by atomic mass is 10.3. The number of nitrogens with one attached hydrogen (secondary N) is 2. The molecular formula is C14H16Cl2N4. The van der Waals surface area contributed by atoms with Crippen LogP contribution in [0.4, 0.5) is 17.5 Å². The number of hydrogen-bond acceptors (Lipinski definition) is 4. The topological polar surface area (TPSA) is 49.8 Å². The number of aryl methyl sites for hydroxylation is 1. The molecule has 0 bridgehead atoms. The summed E-state index contributed by atoms with van der Waals surface area (Å²) < 4.78 is 0. The highest BCUT2D eigenvalue weighted by molar-refractivity contribution is 6.35. The van der Waals surface area contributed by atoms with Crippen molar-refractivity contribution in [3.05, 3.63) is 40.0 Å². The Morgan fingerprint density at radius 2 is 1.85 bits per heavy atom. The summed E-state index contributed by atoms with van der Waals surface area (Å²) in [6.07, 6.45) is 0. The van der Waals surface area contributed by atoms with Gasteiger partial charge in [-0.25, -0.2) is 4.98 Å². The zero-order valence-electron chi connectivity index (χ0n) is 11.5. The van der Waals surface area contributed by atoms with Gasteiger partial charge in [0.2, 0.25) is 5.95 Å². The highest BCUT2D eigenvalue weighted by atomic mass is 35.5. The SMILES string of the molecule is Cc1cc(Nc2cc(Cl)ccc2Cl)nc(NC(C)C)n1. The van der Waals surface area contributed by atoms with Crippen molar-refractivity contribution in [2.75, 3.05) is 10.6 Å². The second-order valence-electron chi connectivity index (χ2n) is 4.77. The van der Waals surface area contributed by atoms with Crippen LogP contribution >= 0.6 is 23.2 Å². The number of hydrogen-bond donors (Lipinski definition) is 2. The third kappa shape index (κ3) is 3.99. The summed E-state index contributed by atoms with van der Waals surface area (Å²) >= 11 is 12.1. The lowest BCUT2D eigenvalue weighted by Gasteiger charge is -2.12. The van der Waals surface area contributed by atoms with Gasteiger partial charge in [-0.1, -0.05) is 23.2 Å². The van der Waals surface area contributed by atoms with Gasteiger partial charge < -0.3 is 10.6 Å². The largest absolute Gasteiger partial charge is 0.352 e. The van der Waals surface area contributed by atoms with Crippen molar-refractivity contribution < 1.29 is 0 Å². The van der Waals surface area contributed by atoms with Crippen LogP contribution in [0.3, 0.4) is 0 Å². The molecule has 0 aliphatic rings. The first-order valence-corrected chi connectivity index (χ1v) is 7.04. The van der Waals surface area contributed by atoms with E-state index in [0.717, 1.165) is 5.69 Å². The summed E-state index contributed by atoms with van der Waals surface area (Å²) in [6.45, 7) is 5.98. The molecule has 4 nitrogen and oxygen atoms in total. The number of nitrogens with zero attached hydrogens (tertiary/aromatic N) is 2. The van der Waals surface area contributed by atoms with Gasteiger partial charge in [0, 0.05) is 22.8 Å². The van der Waals surface area contributed by atoms with Gasteiger partial charge in [0.15, 0.2) is 0 Å². The van der Waals surface area contributed by atoms with Crippen LogP contribution in [-0.2, 0) is 0 Å². The first-order valence-electron chi connectivity index (χ1n) is 6.28. The number of aromatic nitrogens is 2. The Balaban J connectivity index is 2.28. The molecule has 0 spiro atoms. The van der Waals surface area contributed by atoms with Gasteiger partial charge in [-0.2, -0.15) is 4.98 Å². The molecule has 0 unspecified atom stereocenters. The van der Waals surface area contributed by atoms with E-state index in [9.17, 15) is 0 Å². The standard InChI is InChI=1S/C14H16Cl2N4/c1-8(2)17-14-18-9(3)6-13(20-14)19-12-7-10(15)4-5-11(12)16/h4-8H,1-3H3,(H2,17,18,19,20). The minimum Gasteiger partial charge on any atom is -0.352 e. The Hall–Kier alpha value is -1.52. The van der Waals surface area contributed by atoms with E-state index in [1.165, 1.54) is 0 Å². The van der Waals surface area contributed by atoms with E-state index in [-0.39, 0.29) is 6.04 Å². The van der Waals surface area contributed by atoms with Gasteiger partial charge in [0.05, 0.1) is 10.7 Å². The monoisotopic (exact) mass is 310 g/mol. The molecule has 0 radical (unpaired) electrons. The Kier molecular flexibility index (Phi) is 4.68. The van der Waals surface area contributed by atoms with E-state index in [1.807, 2.05) is 26.8 Å². The lowest BCUT2D eigenvalue weighted by Crippen LogP contribution is -2.13. The summed E-state index contributed by atoms with van der Waals surface area (Å²) in [5.41, 5.74) is 1.58. The molecule has 2 aromatic rings. The van der Waals surface area contributed by atoms with Gasteiger partial charge in [-0.05, 0) is 39.0 Å². The highest BCUT2D eigenvalue weighted by Gasteiger charge is 2.06. The Bertz CT molecular complexity index is 614. The fourth-order valence-electron chi connectivity index (χ4n) is 1.69. The second-order valence-corrected chi connectivity index (χ2v) is 5.61. The van der Waals surface area contributed by atoms with Crippen LogP contribution in [0.1, 0.15) is 19.5 Å². The molecule has 6 heteroatoms. The molecule has 1 aromatic heterocycles. The first kappa shape index (κ1) is 14.9. The number of halogens is 2. The maximum atomic E-state index is 6.13. The first-order chi connectivity index (χ1) is 9.44. The summed E-state index contributed by atoms with van der Waals surface area (Å²) in [6, 6.07) is 7.36. The van der Waals surface area contributed by atoms with Crippen molar-refractivity contribution in [1.82, 2.24) is 9.97 Å². The summed E-state index contributed by atoms with van der Waals surface area (Å²) in [7, 11) is 0. The highest BCUT2D eigenvalue weighted by Crippen LogP contribution is 2.28. The van der Waals surface area contributed by atoms with Crippen LogP contribution in [0.25, 0.3) is 0 Å². The van der Waals surface area contributed by atoms with Gasteiger partial charge in [0.25, 0.3) is 0 Å². The molecule has 1 heterocycles. The summed E-state index contributed by atoms with van der Waals surface area (Å²) in [5, 5.41) is 7.54. The Labute approximate surface area is 128 Å². The molecule has 20 heavy (non-hydrogen) atoms. The second kappa shape index (κ2) is 6.29. The zero-order chi connectivity index (χ0) is 14.7. The van der Waals surface area contributed by atoms with E-state index in [1.54, 1.807) is 18.2 Å². The molecule has 106 valence electrons. The smallest absolute Gasteiger partial charge is 0.225 e. The van der Waals surface area contributed by atoms with E-state index in [2.05, 4.69) is 20.6 Å². The minimum absolute atomic E-state index is 0.263. The zero-order valence-corrected chi connectivity index (χ0v) is 13.0. The van der Waals surface area contributed by atoms with Crippen molar-refractivity contribution >= 4 is 40.7 Å². The van der Waals surface area contributed by atoms with E-state index >= 15 is 0 Å². The van der Waals surface area contributed by atoms with Gasteiger partial charge >= 0.3 is 0 Å². The number of rotatable bonds is 4. The number of benzene rings is 1. The fraction of sp³-hybridized carbons (Fsp3) is 0.286. The van der Waals surface area contributed by atoms with Gasteiger partial charge in [-0.3, -0.25) is 0 Å². The van der Waals surface area contributed by atoms with E-state index < -0.39 is 0 Å². The van der Waals surface area contributed by atoms with Crippen LogP contribution in [0.2, 0.25) is 10.0 Å². The summed E-state index contributed by atoms with van der Waals surface area (Å²) in [5.74, 6) is 1.26. The fourth-order valence-corrected chi connectivity index (χ4v) is 2.02. The van der Waals surface area contributed by atoms with Crippen LogP contribution in [0.15, 0.2) is 24.3 Å². The molecule has 1 aromatic carbocycles. The normalized spacial score (nSPS) is 10.7. The predicted molar refractivity (Wildman–Crippen MR) is 85.3 cm³/mol. The van der Waals surface area contributed by atoms with Crippen LogP contribution < -0.4 is 10.6 Å². The quantitative estimate of drug-likeness (QED) is 0.862. The Morgan fingerprint density at radius 1 is 1.10 bits per heavy atom. The molecule has 0 saturated heterocycles. The Morgan fingerprint density at radius 3 is 2.55 bits per heavy atom. The molecule has 0 fully saturated rings. The van der Waals surface area contributed by atoms with Gasteiger partial charge in [-0.15, -0.1) is 0 Å². The maximum Gasteiger partial charge on any atom is 0.225 e. The van der Waals surface area contributed by atoms with E-state index in [0.29, 0.717) is 27.5 Å². The molecule has 0 atom stereocenters. The van der Waals surface area contributed by atoms with Crippen LogP contribution in [0, 0.1) is 6.92 Å². The van der Waals surface area contributed by atoms with Crippen molar-refractivity contribution in [3.8, 4) is 0 Å². The molecule has 0 aliphatic heterocycles. The summed E-state index contributed by atoms with van der Waals surface area (Å²) in [4.78, 5) is 8.74. The van der Waals surface area contributed by atoms with Crippen molar-refractivity contribution in [1.29, 1.82) is 0 Å². The molecule has 2 N–H and O–H groups in total. The van der Waals surface area contributed by atoms with Crippen LogP contribution in [0.5, 0.6) is 0 Å². The molecule has 2 rings (SSSR count). The molecule has 0 aliphatic carbocycles. The average molecular weight is 311 g/mol. The van der Waals surface area contributed by atoms with Gasteiger partial charge in [0.1, 0.15) is 5.82 Å². The third-order valence-electron chi connectivity index (χ3n) is 2.46. The lowest BCUT2D eigenvalue weighted by molar-refractivity contribution is 0.871. The average Bonchev–Trinajstić information content (AvgIpc) is 2.32. The predicted octanol–water partition coefficient (Wildman–Crippen LogP) is 4.66. The van der Waals surface area contributed by atoms with E-state index in [4.69, 9.17) is 23.2 Å². The molecule has 0 saturated carbocycles. The van der Waals surface area contributed by atoms with Crippen LogP contribution in [-0.4, -0.2) is 16.0 Å². The maximum absolute atomic E-state index is 6.13. The third-order valence-corrected chi connectivity index (χ3v) is 3.03. The molecular weight excluding hydrogens is 295 g/mol. The van der Waals surface area contributed by atoms with Crippen molar-refractivity contribution in [2.45, 2.75) is 26.8 Å². The number of anilines is 3. The van der Waals surface area contributed by atoms with Crippen molar-refractivity contribution in [2.24, 2.45) is 0 Å².